The summed E-state index contributed by atoms with van der Waals surface area (Å²) in [6, 6.07) is 27.4. The molecule has 5 heteroatoms. The predicted octanol–water partition coefficient (Wildman–Crippen LogP) is 5.05. The van der Waals surface area contributed by atoms with Crippen LogP contribution in [-0.2, 0) is 6.61 Å². The van der Waals surface area contributed by atoms with E-state index in [0.29, 0.717) is 18.1 Å². The normalized spacial score (nSPS) is 10.4. The van der Waals surface area contributed by atoms with E-state index in [4.69, 9.17) is 10.5 Å². The van der Waals surface area contributed by atoms with Gasteiger partial charge in [-0.2, -0.15) is 0 Å². The van der Waals surface area contributed by atoms with Gasteiger partial charge in [-0.1, -0.05) is 36.4 Å². The van der Waals surface area contributed by atoms with Crippen LogP contribution in [0.15, 0.2) is 91.3 Å². The summed E-state index contributed by atoms with van der Waals surface area (Å²) < 4.78 is 5.84. The van der Waals surface area contributed by atoms with Gasteiger partial charge in [0.25, 0.3) is 0 Å². The second kappa shape index (κ2) is 8.22. The molecular weight excluding hydrogens is 348 g/mol. The molecule has 0 saturated carbocycles. The fraction of sp³-hybridized carbons (Fsp3) is 0.0435. The van der Waals surface area contributed by atoms with Gasteiger partial charge in [0.05, 0.1) is 5.69 Å². The summed E-state index contributed by atoms with van der Waals surface area (Å²) in [7, 11) is 0. The molecule has 0 aliphatic heterocycles. The number of aromatic nitrogens is 2. The first-order valence-corrected chi connectivity index (χ1v) is 8.98. The van der Waals surface area contributed by atoms with Crippen molar-refractivity contribution in [1.29, 1.82) is 0 Å². The Bertz CT molecular complexity index is 1050. The number of rotatable bonds is 6. The van der Waals surface area contributed by atoms with Gasteiger partial charge in [0.15, 0.2) is 0 Å². The highest BCUT2D eigenvalue weighted by molar-refractivity contribution is 5.67. The van der Waals surface area contributed by atoms with Crippen molar-refractivity contribution >= 4 is 17.2 Å². The van der Waals surface area contributed by atoms with Crippen LogP contribution in [0, 0.1) is 0 Å². The Morgan fingerprint density at radius 1 is 0.821 bits per heavy atom. The number of hydrogen-bond donors (Lipinski definition) is 2. The molecular formula is C23H20N4O. The van der Waals surface area contributed by atoms with Crippen molar-refractivity contribution in [1.82, 2.24) is 9.97 Å². The van der Waals surface area contributed by atoms with Crippen LogP contribution in [0.5, 0.6) is 5.75 Å². The number of hydrogen-bond acceptors (Lipinski definition) is 5. The fourth-order valence-corrected chi connectivity index (χ4v) is 2.81. The smallest absolute Gasteiger partial charge is 0.134 e. The first-order valence-electron chi connectivity index (χ1n) is 8.98. The van der Waals surface area contributed by atoms with E-state index in [1.54, 1.807) is 6.33 Å². The van der Waals surface area contributed by atoms with Crippen molar-refractivity contribution in [2.24, 2.45) is 0 Å². The molecule has 5 nitrogen and oxygen atoms in total. The first kappa shape index (κ1) is 17.5. The van der Waals surface area contributed by atoms with Crippen LogP contribution in [0.1, 0.15) is 5.56 Å². The zero-order chi connectivity index (χ0) is 19.2. The number of nitrogens with zero attached hydrogens (tertiary/aromatic N) is 2. The lowest BCUT2D eigenvalue weighted by Crippen LogP contribution is -1.97. The van der Waals surface area contributed by atoms with Gasteiger partial charge in [-0.15, -0.1) is 0 Å². The second-order valence-electron chi connectivity index (χ2n) is 6.34. The third-order valence-corrected chi connectivity index (χ3v) is 4.22. The summed E-state index contributed by atoms with van der Waals surface area (Å²) in [6.07, 6.45) is 1.55. The van der Waals surface area contributed by atoms with Crippen molar-refractivity contribution in [3.05, 3.63) is 96.8 Å². The summed E-state index contributed by atoms with van der Waals surface area (Å²) in [5.74, 6) is 1.53. The molecule has 0 aliphatic carbocycles. The Kier molecular flexibility index (Phi) is 5.15. The molecule has 0 aliphatic rings. The summed E-state index contributed by atoms with van der Waals surface area (Å²) in [6.45, 7) is 0.544. The van der Waals surface area contributed by atoms with Gasteiger partial charge in [-0.3, -0.25) is 0 Å². The van der Waals surface area contributed by atoms with Gasteiger partial charge < -0.3 is 15.8 Å². The standard InChI is InChI=1S/C23H20N4O/c24-19-7-4-8-20(13-19)27-23-14-22(25-16-26-23)18-9-11-21(12-10-18)28-15-17-5-2-1-3-6-17/h1-14,16H,15,24H2,(H,25,26,27). The van der Waals surface area contributed by atoms with Gasteiger partial charge in [0.1, 0.15) is 24.5 Å². The summed E-state index contributed by atoms with van der Waals surface area (Å²) >= 11 is 0. The van der Waals surface area contributed by atoms with Crippen LogP contribution >= 0.6 is 0 Å². The van der Waals surface area contributed by atoms with Crippen molar-refractivity contribution < 1.29 is 4.74 Å². The number of benzene rings is 3. The van der Waals surface area contributed by atoms with E-state index < -0.39 is 0 Å². The fourth-order valence-electron chi connectivity index (χ4n) is 2.81. The molecule has 0 bridgehead atoms. The molecule has 0 spiro atoms. The molecule has 4 rings (SSSR count). The lowest BCUT2D eigenvalue weighted by atomic mass is 10.1. The molecule has 0 radical (unpaired) electrons. The zero-order valence-electron chi connectivity index (χ0n) is 15.2. The molecule has 3 aromatic carbocycles. The van der Waals surface area contributed by atoms with E-state index in [1.165, 1.54) is 0 Å². The quantitative estimate of drug-likeness (QED) is 0.466. The third-order valence-electron chi connectivity index (χ3n) is 4.22. The summed E-state index contributed by atoms with van der Waals surface area (Å²) in [4.78, 5) is 8.66. The summed E-state index contributed by atoms with van der Waals surface area (Å²) in [5, 5.41) is 3.25. The average Bonchev–Trinajstić information content (AvgIpc) is 2.74. The Labute approximate surface area is 163 Å². The van der Waals surface area contributed by atoms with E-state index in [1.807, 2.05) is 84.9 Å². The van der Waals surface area contributed by atoms with Crippen molar-refractivity contribution in [3.8, 4) is 17.0 Å². The molecule has 138 valence electrons. The molecule has 1 heterocycles. The lowest BCUT2D eigenvalue weighted by Gasteiger charge is -2.09. The molecule has 0 fully saturated rings. The Morgan fingerprint density at radius 2 is 1.64 bits per heavy atom. The monoisotopic (exact) mass is 368 g/mol. The second-order valence-corrected chi connectivity index (χ2v) is 6.34. The molecule has 0 saturated heterocycles. The van der Waals surface area contributed by atoms with Crippen LogP contribution in [0.2, 0.25) is 0 Å². The molecule has 0 unspecified atom stereocenters. The minimum absolute atomic E-state index is 0.544. The van der Waals surface area contributed by atoms with E-state index >= 15 is 0 Å². The molecule has 1 aromatic heterocycles. The Hall–Kier alpha value is -3.86. The Balaban J connectivity index is 1.45. The maximum absolute atomic E-state index is 5.84. The number of ether oxygens (including phenoxy) is 1. The topological polar surface area (TPSA) is 73.1 Å². The van der Waals surface area contributed by atoms with Crippen molar-refractivity contribution in [2.75, 3.05) is 11.1 Å². The Morgan fingerprint density at radius 3 is 2.43 bits per heavy atom. The largest absolute Gasteiger partial charge is 0.489 e. The van der Waals surface area contributed by atoms with Crippen molar-refractivity contribution in [3.63, 3.8) is 0 Å². The van der Waals surface area contributed by atoms with E-state index in [0.717, 1.165) is 28.3 Å². The highest BCUT2D eigenvalue weighted by atomic mass is 16.5. The predicted molar refractivity (Wildman–Crippen MR) is 112 cm³/mol. The number of anilines is 3. The van der Waals surface area contributed by atoms with Crippen LogP contribution in [0.25, 0.3) is 11.3 Å². The highest BCUT2D eigenvalue weighted by Crippen LogP contribution is 2.24. The van der Waals surface area contributed by atoms with Crippen LogP contribution in [-0.4, -0.2) is 9.97 Å². The molecule has 28 heavy (non-hydrogen) atoms. The lowest BCUT2D eigenvalue weighted by molar-refractivity contribution is 0.306. The zero-order valence-corrected chi connectivity index (χ0v) is 15.2. The highest BCUT2D eigenvalue weighted by Gasteiger charge is 2.04. The SMILES string of the molecule is Nc1cccc(Nc2cc(-c3ccc(OCc4ccccc4)cc3)ncn2)c1. The van der Waals surface area contributed by atoms with Gasteiger partial charge in [0.2, 0.25) is 0 Å². The molecule has 0 atom stereocenters. The van der Waals surface area contributed by atoms with E-state index in [2.05, 4.69) is 15.3 Å². The van der Waals surface area contributed by atoms with E-state index in [-0.39, 0.29) is 0 Å². The van der Waals surface area contributed by atoms with Crippen LogP contribution in [0.3, 0.4) is 0 Å². The molecule has 0 amide bonds. The van der Waals surface area contributed by atoms with Crippen LogP contribution in [0.4, 0.5) is 17.2 Å². The maximum atomic E-state index is 5.84. The van der Waals surface area contributed by atoms with E-state index in [9.17, 15) is 0 Å². The molecule has 4 aromatic rings. The van der Waals surface area contributed by atoms with Crippen LogP contribution < -0.4 is 15.8 Å². The van der Waals surface area contributed by atoms with Gasteiger partial charge in [-0.25, -0.2) is 9.97 Å². The summed E-state index contributed by atoms with van der Waals surface area (Å²) in [5.41, 5.74) is 10.4. The molecule has 3 N–H and O–H groups in total. The number of nitrogen functional groups attached to an aromatic ring is 1. The van der Waals surface area contributed by atoms with Gasteiger partial charge >= 0.3 is 0 Å². The minimum Gasteiger partial charge on any atom is -0.489 e. The minimum atomic E-state index is 0.544. The number of nitrogens with two attached hydrogens (primary N) is 1. The van der Waals surface area contributed by atoms with Gasteiger partial charge in [-0.05, 0) is 48.0 Å². The maximum Gasteiger partial charge on any atom is 0.134 e. The first-order chi connectivity index (χ1) is 13.8. The average molecular weight is 368 g/mol. The van der Waals surface area contributed by atoms with Crippen molar-refractivity contribution in [2.45, 2.75) is 6.61 Å². The third kappa shape index (κ3) is 4.45. The van der Waals surface area contributed by atoms with Gasteiger partial charge in [0, 0.05) is 23.0 Å². The number of nitrogens with one attached hydrogen (secondary N) is 1.